The van der Waals surface area contributed by atoms with Gasteiger partial charge in [0, 0.05) is 53.1 Å². The Hall–Kier alpha value is -9.41. The third-order valence-electron chi connectivity index (χ3n) is 19.6. The number of aryl methyl sites for hydroxylation is 1. The number of aliphatic hydroxyl groups excluding tert-OH is 1. The van der Waals surface area contributed by atoms with E-state index in [1.54, 1.807) is 55.3 Å². The number of benzene rings is 3. The van der Waals surface area contributed by atoms with Gasteiger partial charge in [0.25, 0.3) is 5.56 Å². The number of carbonyl (C=O) groups excluding carboxylic acids is 6. The van der Waals surface area contributed by atoms with E-state index >= 15 is 4.39 Å². The topological polar surface area (TPSA) is 402 Å². The third kappa shape index (κ3) is 16.7. The van der Waals surface area contributed by atoms with E-state index in [0.717, 1.165) is 47.2 Å². The van der Waals surface area contributed by atoms with Crippen LogP contribution in [0.5, 0.6) is 0 Å². The summed E-state index contributed by atoms with van der Waals surface area (Å²) in [7, 11) is -5.54. The summed E-state index contributed by atoms with van der Waals surface area (Å²) in [6.45, 7) is 7.68. The average molecular weight is 1520 g/mol. The fraction of sp³-hybridized carbons (Fsp3) is 0.464. The van der Waals surface area contributed by atoms with Crippen molar-refractivity contribution < 1.29 is 75.2 Å². The maximum Gasteiger partial charge on any atom is 0.697 e. The van der Waals surface area contributed by atoms with Crippen LogP contribution in [0.1, 0.15) is 95.9 Å². The first-order valence-corrected chi connectivity index (χ1v) is 38.1. The Morgan fingerprint density at radius 3 is 2.31 bits per heavy atom. The molecule has 560 valence electrons. The van der Waals surface area contributed by atoms with Gasteiger partial charge in [-0.3, -0.25) is 42.7 Å². The quantitative estimate of drug-likeness (QED) is 0.0114. The molecule has 2 fully saturated rings. The van der Waals surface area contributed by atoms with Crippen molar-refractivity contribution in [1.82, 2.24) is 75.2 Å². The predicted octanol–water partition coefficient (Wildman–Crippen LogP) is 5.53. The van der Waals surface area contributed by atoms with Crippen molar-refractivity contribution in [2.45, 2.75) is 147 Å². The van der Waals surface area contributed by atoms with E-state index in [1.807, 2.05) is 53.2 Å². The Kier molecular flexibility index (Phi) is 24.2. The van der Waals surface area contributed by atoms with Crippen LogP contribution in [0.25, 0.3) is 44.7 Å². The van der Waals surface area contributed by atoms with Gasteiger partial charge in [-0.15, -0.1) is 18.7 Å². The molecular formula is C69H82FN17O16P2S+2. The van der Waals surface area contributed by atoms with Gasteiger partial charge in [-0.1, -0.05) is 106 Å². The number of aliphatic hydroxyl groups is 1. The predicted molar refractivity (Wildman–Crippen MR) is 385 cm³/mol. The number of halogens is 1. The standard InChI is InChI=1S/C69H80FN17O16P2S/c1-6-69(5,7-2)87-58-44-21-13-14-22-46(44)84(32-41-18-11-12-20-43(41)56(58)81-82-87)53(92)24-23-49(88)72-29-50(89)73-31-52(91)80-45(28-40-16-9-8-10-17-40)64(94)74-30-51(90)79-39-98-27-26-83-37-78-63-57(65(83)95)77-38-86(63)67-68(3,4)60(93)48(102-67)35-99-104(96)103-59-47(34-100-105(97)106)101-66(55(59)70)85-33-42-19-15-25-71-61-54(42)62(85)76-36-75-61/h8-14,16-18,20-22,33,36-38,45,47-48,55,59-60,66-67,93H,6-7,15,19,23-32,34-35,39H2,1-5H3,(H5-2,71,72,73,74,75,76,79,80,88,89,90,91,94,97,106)/p+2/t45-,47+,48+,55+,59+,60+,66+,67+/m0/s1. The van der Waals surface area contributed by atoms with Gasteiger partial charge in [0.15, 0.2) is 29.7 Å². The number of alkyl halides is 1. The van der Waals surface area contributed by atoms with E-state index in [0.29, 0.717) is 46.8 Å². The summed E-state index contributed by atoms with van der Waals surface area (Å²) in [6.07, 6.45) is -1.10. The smallest absolute Gasteiger partial charge is 0.390 e. The normalized spacial score (nSPS) is 20.0. The molecule has 4 aliphatic heterocycles. The Balaban J connectivity index is 0.573. The van der Waals surface area contributed by atoms with Crippen LogP contribution in [0.2, 0.25) is 0 Å². The Morgan fingerprint density at radius 2 is 1.53 bits per heavy atom. The van der Waals surface area contributed by atoms with Crippen molar-refractivity contribution >= 4 is 96.9 Å². The van der Waals surface area contributed by atoms with Gasteiger partial charge in [-0.05, 0) is 59.9 Å². The van der Waals surface area contributed by atoms with E-state index in [-0.39, 0.29) is 68.3 Å². The Morgan fingerprint density at radius 1 is 0.811 bits per heavy atom. The summed E-state index contributed by atoms with van der Waals surface area (Å²) in [6, 6.07) is 22.9. The molecule has 2 unspecified atom stereocenters. The molecule has 12 rings (SSSR count). The molecule has 6 amide bonds. The SMILES string of the molecule is CCC(C)(CC)n1nnc2c1-c1ccccc1N(C(=O)CCC(=O)NCC(=O)NCC(=O)N[C@@H](Cc1ccccc1)C(=O)NCC(=O)NCOCCn1cnc3c(ncn3[C@@H]3O[C@H](CO[P+](=O)O[C@H]4[C@@H](F)[C@H](n5cc6c7c(ncnc75)NCCC6)O[C@@H]4CO[P+](=O)S)[C@@H](O)C3(C)C)c1=O)Cc1ccccc1-2. The number of rotatable bonds is 31. The number of para-hydroxylation sites is 1. The van der Waals surface area contributed by atoms with Gasteiger partial charge in [0.1, 0.15) is 86.5 Å². The molecule has 9 heterocycles. The number of amides is 6. The molecule has 33 nitrogen and oxygen atoms in total. The van der Waals surface area contributed by atoms with Crippen molar-refractivity contribution in [3.8, 4) is 22.5 Å². The molecule has 0 radical (unpaired) electrons. The number of carbonyl (C=O) groups is 6. The Labute approximate surface area is 613 Å². The number of nitrogens with one attached hydrogen (secondary N) is 6. The lowest BCUT2D eigenvalue weighted by Gasteiger charge is -2.32. The molecular weight excluding hydrogens is 1440 g/mol. The number of fused-ring (bicyclic) bond motifs is 6. The molecule has 0 aliphatic carbocycles. The molecule has 4 aliphatic rings. The molecule has 0 bridgehead atoms. The van der Waals surface area contributed by atoms with Crippen molar-refractivity contribution in [2.24, 2.45) is 5.41 Å². The van der Waals surface area contributed by atoms with E-state index < -0.39 is 138 Å². The lowest BCUT2D eigenvalue weighted by atomic mass is 9.84. The third-order valence-corrected chi connectivity index (χ3v) is 21.1. The molecule has 0 saturated carbocycles. The number of thiol groups is 1. The highest BCUT2D eigenvalue weighted by atomic mass is 32.7. The molecule has 5 aromatic heterocycles. The van der Waals surface area contributed by atoms with Crippen molar-refractivity contribution in [3.63, 3.8) is 0 Å². The second-order valence-electron chi connectivity index (χ2n) is 26.8. The lowest BCUT2D eigenvalue weighted by Crippen LogP contribution is -2.52. The fourth-order valence-corrected chi connectivity index (χ4v) is 14.7. The zero-order valence-electron chi connectivity index (χ0n) is 58.7. The van der Waals surface area contributed by atoms with Crippen LogP contribution in [-0.4, -0.2) is 179 Å². The molecule has 106 heavy (non-hydrogen) atoms. The molecule has 7 N–H and O–H groups in total. The lowest BCUT2D eigenvalue weighted by molar-refractivity contribution is -0.131. The first-order chi connectivity index (χ1) is 51.0. The average Bonchev–Trinajstić information content (AvgIpc) is 1.55. The second kappa shape index (κ2) is 33.6. The summed E-state index contributed by atoms with van der Waals surface area (Å²) in [5.74, 6) is -3.10. The first kappa shape index (κ1) is 76.2. The molecule has 2 saturated heterocycles. The van der Waals surface area contributed by atoms with Crippen molar-refractivity contribution in [3.05, 3.63) is 131 Å². The number of imidazole rings is 1. The Bertz CT molecular complexity index is 4670. The van der Waals surface area contributed by atoms with Crippen LogP contribution in [0, 0.1) is 5.41 Å². The number of anilines is 2. The van der Waals surface area contributed by atoms with E-state index in [1.165, 1.54) is 32.7 Å². The first-order valence-electron chi connectivity index (χ1n) is 34.7. The van der Waals surface area contributed by atoms with E-state index in [2.05, 4.69) is 95.2 Å². The second-order valence-corrected chi connectivity index (χ2v) is 29.4. The van der Waals surface area contributed by atoms with Gasteiger partial charge in [0.05, 0.1) is 74.1 Å². The van der Waals surface area contributed by atoms with Gasteiger partial charge < -0.3 is 60.7 Å². The summed E-state index contributed by atoms with van der Waals surface area (Å²) >= 11 is 3.80. The largest absolute Gasteiger partial charge is 0.697 e. The number of hydrogen-bond donors (Lipinski definition) is 8. The van der Waals surface area contributed by atoms with Crippen molar-refractivity contribution in [1.29, 1.82) is 0 Å². The number of aromatic nitrogens is 10. The van der Waals surface area contributed by atoms with Gasteiger partial charge >= 0.3 is 15.5 Å². The summed E-state index contributed by atoms with van der Waals surface area (Å²) in [4.78, 5) is 113. The maximum atomic E-state index is 16.6. The highest BCUT2D eigenvalue weighted by Gasteiger charge is 2.56. The molecule has 10 atom stereocenters. The van der Waals surface area contributed by atoms with Crippen LogP contribution in [0.15, 0.2) is 109 Å². The molecule has 8 aromatic rings. The number of ether oxygens (including phenoxy) is 3. The van der Waals surface area contributed by atoms with Crippen LogP contribution < -0.4 is 42.4 Å². The van der Waals surface area contributed by atoms with Crippen molar-refractivity contribution in [2.75, 3.05) is 62.9 Å². The maximum absolute atomic E-state index is 16.6. The van der Waals surface area contributed by atoms with Gasteiger partial charge in [0.2, 0.25) is 35.4 Å². The summed E-state index contributed by atoms with van der Waals surface area (Å²) < 4.78 is 82.5. The minimum atomic E-state index is -3.11. The minimum Gasteiger partial charge on any atom is -0.390 e. The molecule has 37 heteroatoms. The monoisotopic (exact) mass is 1520 g/mol. The van der Waals surface area contributed by atoms with Crippen LogP contribution in [-0.2, 0) is 97.1 Å². The highest BCUT2D eigenvalue weighted by molar-refractivity contribution is 8.39. The van der Waals surface area contributed by atoms with Crippen LogP contribution >= 0.6 is 27.7 Å². The van der Waals surface area contributed by atoms with E-state index in [4.69, 9.17) is 27.8 Å². The summed E-state index contributed by atoms with van der Waals surface area (Å²) in [5.41, 5.74) is 4.64. The molecule has 0 spiro atoms. The highest BCUT2D eigenvalue weighted by Crippen LogP contribution is 2.49. The fourth-order valence-electron chi connectivity index (χ4n) is 13.4. The van der Waals surface area contributed by atoms with E-state index in [9.17, 15) is 47.8 Å². The zero-order valence-corrected chi connectivity index (χ0v) is 61.3. The number of nitrogens with zero attached hydrogens (tertiary/aromatic N) is 11. The van der Waals surface area contributed by atoms with Gasteiger partial charge in [-0.25, -0.2) is 29.0 Å². The molecule has 3 aromatic carbocycles. The minimum absolute atomic E-state index is 0.0200. The zero-order chi connectivity index (χ0) is 75.0. The number of hydrogen-bond acceptors (Lipinski definition) is 23. The van der Waals surface area contributed by atoms with Gasteiger partial charge in [-0.2, -0.15) is 0 Å². The van der Waals surface area contributed by atoms with Crippen LogP contribution in [0.4, 0.5) is 15.9 Å². The van der Waals surface area contributed by atoms with Crippen LogP contribution in [0.3, 0.4) is 0 Å². The summed E-state index contributed by atoms with van der Waals surface area (Å²) in [5, 5.41) is 37.5.